The minimum atomic E-state index is -0.414. The quantitative estimate of drug-likeness (QED) is 0.476. The predicted octanol–water partition coefficient (Wildman–Crippen LogP) is 3.29. The first kappa shape index (κ1) is 15.6. The summed E-state index contributed by atoms with van der Waals surface area (Å²) in [7, 11) is 1.76. The normalized spacial score (nSPS) is 14.2. The van der Waals surface area contributed by atoms with Gasteiger partial charge in [-0.3, -0.25) is 9.97 Å². The van der Waals surface area contributed by atoms with E-state index in [1.54, 1.807) is 30.3 Å². The Labute approximate surface area is 156 Å². The van der Waals surface area contributed by atoms with E-state index in [1.807, 2.05) is 4.90 Å². The van der Waals surface area contributed by atoms with E-state index >= 15 is 0 Å². The molecule has 0 N–H and O–H groups in total. The van der Waals surface area contributed by atoms with E-state index in [0.717, 1.165) is 35.1 Å². The van der Waals surface area contributed by atoms with Gasteiger partial charge in [0, 0.05) is 35.8 Å². The van der Waals surface area contributed by atoms with Gasteiger partial charge in [-0.25, -0.2) is 14.1 Å². The molecule has 130 valence electrons. The van der Waals surface area contributed by atoms with Crippen LogP contribution in [0, 0.1) is 5.82 Å². The summed E-state index contributed by atoms with van der Waals surface area (Å²) >= 11 is 3.57. The van der Waals surface area contributed by atoms with Crippen molar-refractivity contribution < 1.29 is 4.39 Å². The van der Waals surface area contributed by atoms with Crippen LogP contribution in [0.2, 0.25) is 0 Å². The van der Waals surface area contributed by atoms with Crippen LogP contribution < -0.4 is 4.90 Å². The largest absolute Gasteiger partial charge is 0.324 e. The number of hydrogen-bond acceptors (Lipinski definition) is 6. The summed E-state index contributed by atoms with van der Waals surface area (Å²) in [5.41, 5.74) is 3.21. The fraction of sp³-hybridized carbons (Fsp3) is 0.235. The van der Waals surface area contributed by atoms with E-state index in [1.165, 1.54) is 6.20 Å². The molecular weight excluding hydrogens is 401 g/mol. The van der Waals surface area contributed by atoms with Crippen molar-refractivity contribution >= 4 is 49.4 Å². The van der Waals surface area contributed by atoms with E-state index in [4.69, 9.17) is 0 Å². The third-order valence-electron chi connectivity index (χ3n) is 4.74. The Morgan fingerprint density at radius 2 is 2.00 bits per heavy atom. The Morgan fingerprint density at radius 1 is 1.15 bits per heavy atom. The molecule has 7 nitrogen and oxygen atoms in total. The van der Waals surface area contributed by atoms with Gasteiger partial charge < -0.3 is 4.90 Å². The minimum absolute atomic E-state index is 0.414. The number of anilines is 2. The molecule has 0 saturated heterocycles. The molecule has 0 aliphatic carbocycles. The van der Waals surface area contributed by atoms with Gasteiger partial charge in [-0.15, -0.1) is 5.10 Å². The van der Waals surface area contributed by atoms with Gasteiger partial charge in [0.25, 0.3) is 0 Å². The molecule has 1 aliphatic rings. The second-order valence-corrected chi connectivity index (χ2v) is 7.09. The molecule has 5 rings (SSSR count). The van der Waals surface area contributed by atoms with E-state index in [-0.39, 0.29) is 0 Å². The van der Waals surface area contributed by atoms with Crippen molar-refractivity contribution in [2.24, 2.45) is 7.05 Å². The van der Waals surface area contributed by atoms with Crippen LogP contribution in [0.5, 0.6) is 0 Å². The molecule has 0 bridgehead atoms. The van der Waals surface area contributed by atoms with Gasteiger partial charge in [-0.2, -0.15) is 0 Å². The summed E-state index contributed by atoms with van der Waals surface area (Å²) < 4.78 is 17.4. The first-order valence-corrected chi connectivity index (χ1v) is 8.97. The first-order chi connectivity index (χ1) is 12.6. The average Bonchev–Trinajstić information content (AvgIpc) is 3.02. The van der Waals surface area contributed by atoms with E-state index in [2.05, 4.69) is 41.2 Å². The number of aryl methyl sites for hydroxylation is 1. The summed E-state index contributed by atoms with van der Waals surface area (Å²) in [6.45, 7) is 0.723. The maximum absolute atomic E-state index is 14.8. The number of rotatable bonds is 1. The third kappa shape index (κ3) is 2.13. The zero-order valence-electron chi connectivity index (χ0n) is 13.8. The van der Waals surface area contributed by atoms with Crippen molar-refractivity contribution in [2.45, 2.75) is 12.8 Å². The Morgan fingerprint density at radius 3 is 2.88 bits per heavy atom. The minimum Gasteiger partial charge on any atom is -0.324 e. The molecule has 0 fully saturated rings. The van der Waals surface area contributed by atoms with Crippen molar-refractivity contribution in [2.75, 3.05) is 11.4 Å². The topological polar surface area (TPSA) is 72.6 Å². The van der Waals surface area contributed by atoms with Gasteiger partial charge in [0.15, 0.2) is 5.82 Å². The Kier molecular flexibility index (Phi) is 3.39. The monoisotopic (exact) mass is 413 g/mol. The summed E-state index contributed by atoms with van der Waals surface area (Å²) in [5, 5.41) is 9.23. The highest BCUT2D eigenvalue weighted by atomic mass is 79.9. The Bertz CT molecular complexity index is 1170. The van der Waals surface area contributed by atoms with Gasteiger partial charge >= 0.3 is 0 Å². The van der Waals surface area contributed by atoms with Crippen LogP contribution in [0.4, 0.5) is 15.9 Å². The summed E-state index contributed by atoms with van der Waals surface area (Å²) in [5.74, 6) is 0.108. The van der Waals surface area contributed by atoms with Crippen LogP contribution in [0.15, 0.2) is 29.3 Å². The van der Waals surface area contributed by atoms with Gasteiger partial charge in [0.2, 0.25) is 5.65 Å². The Balaban J connectivity index is 1.87. The highest BCUT2D eigenvalue weighted by Crippen LogP contribution is 2.40. The maximum Gasteiger partial charge on any atom is 0.204 e. The number of pyridine rings is 3. The smallest absolute Gasteiger partial charge is 0.204 e. The van der Waals surface area contributed by atoms with E-state index in [0.29, 0.717) is 27.8 Å². The molecule has 1 aliphatic heterocycles. The van der Waals surface area contributed by atoms with Crippen molar-refractivity contribution in [3.05, 3.63) is 40.6 Å². The lowest BCUT2D eigenvalue weighted by Crippen LogP contribution is -2.26. The summed E-state index contributed by atoms with van der Waals surface area (Å²) in [4.78, 5) is 15.0. The number of fused-ring (bicyclic) bond motifs is 4. The molecular formula is C17H13BrFN7. The maximum atomic E-state index is 14.8. The molecule has 26 heavy (non-hydrogen) atoms. The fourth-order valence-electron chi connectivity index (χ4n) is 3.60. The predicted molar refractivity (Wildman–Crippen MR) is 98.8 cm³/mol. The van der Waals surface area contributed by atoms with E-state index in [9.17, 15) is 4.39 Å². The van der Waals surface area contributed by atoms with Gasteiger partial charge in [0.1, 0.15) is 11.3 Å². The van der Waals surface area contributed by atoms with Crippen molar-refractivity contribution in [1.29, 1.82) is 0 Å². The zero-order valence-corrected chi connectivity index (χ0v) is 15.4. The lowest BCUT2D eigenvalue weighted by molar-refractivity contribution is 0.633. The van der Waals surface area contributed by atoms with Crippen LogP contribution in [-0.4, -0.2) is 36.5 Å². The van der Waals surface area contributed by atoms with Gasteiger partial charge in [-0.1, -0.05) is 5.21 Å². The summed E-state index contributed by atoms with van der Waals surface area (Å²) in [6, 6.07) is 0. The fourth-order valence-corrected chi connectivity index (χ4v) is 4.12. The van der Waals surface area contributed by atoms with E-state index < -0.39 is 5.82 Å². The Hall–Kier alpha value is -2.68. The molecule has 0 atom stereocenters. The molecule has 0 amide bonds. The number of hydrogen-bond donors (Lipinski definition) is 0. The van der Waals surface area contributed by atoms with Crippen molar-refractivity contribution in [1.82, 2.24) is 29.9 Å². The lowest BCUT2D eigenvalue weighted by Gasteiger charge is -2.31. The molecule has 4 aromatic heterocycles. The molecule has 0 aromatic carbocycles. The SMILES string of the molecule is Cn1nnc2nc(N3CCCc4c(Br)cncc43)c3c(F)cncc3c21. The van der Waals surface area contributed by atoms with Crippen LogP contribution in [0.25, 0.3) is 21.9 Å². The average molecular weight is 414 g/mol. The molecule has 5 heterocycles. The van der Waals surface area contributed by atoms with Crippen LogP contribution in [-0.2, 0) is 13.5 Å². The molecule has 0 radical (unpaired) electrons. The van der Waals surface area contributed by atoms with Crippen molar-refractivity contribution in [3.63, 3.8) is 0 Å². The van der Waals surface area contributed by atoms with Crippen LogP contribution in [0.3, 0.4) is 0 Å². The summed E-state index contributed by atoms with van der Waals surface area (Å²) in [6.07, 6.45) is 8.30. The molecule has 9 heteroatoms. The third-order valence-corrected chi connectivity index (χ3v) is 5.42. The second kappa shape index (κ2) is 5.66. The number of aromatic nitrogens is 6. The first-order valence-electron chi connectivity index (χ1n) is 8.17. The van der Waals surface area contributed by atoms with Crippen molar-refractivity contribution in [3.8, 4) is 0 Å². The second-order valence-electron chi connectivity index (χ2n) is 6.24. The molecule has 0 unspecified atom stereocenters. The van der Waals surface area contributed by atoms with Crippen LogP contribution >= 0.6 is 15.9 Å². The molecule has 0 spiro atoms. The molecule has 4 aromatic rings. The highest BCUT2D eigenvalue weighted by molar-refractivity contribution is 9.10. The number of nitrogens with zero attached hydrogens (tertiary/aromatic N) is 7. The van der Waals surface area contributed by atoms with Crippen LogP contribution in [0.1, 0.15) is 12.0 Å². The molecule has 0 saturated carbocycles. The highest BCUT2D eigenvalue weighted by Gasteiger charge is 2.26. The van der Waals surface area contributed by atoms with Gasteiger partial charge in [-0.05, 0) is 34.3 Å². The lowest BCUT2D eigenvalue weighted by atomic mass is 10.0. The standard InChI is InChI=1S/C17H13BrFN7/c1-25-15-10-5-20-7-12(19)14(10)17(22-16(15)23-24-25)26-4-2-3-9-11(18)6-21-8-13(9)26/h5-8H,2-4H2,1H3. The zero-order chi connectivity index (χ0) is 17.8. The van der Waals surface area contributed by atoms with Gasteiger partial charge in [0.05, 0.1) is 23.5 Å². The number of halogens is 2.